The van der Waals surface area contributed by atoms with Gasteiger partial charge in [0.15, 0.2) is 5.13 Å². The lowest BCUT2D eigenvalue weighted by Gasteiger charge is -2.01. The van der Waals surface area contributed by atoms with Gasteiger partial charge in [-0.1, -0.05) is 15.9 Å². The van der Waals surface area contributed by atoms with Gasteiger partial charge in [-0.15, -0.1) is 24.0 Å². The minimum absolute atomic E-state index is 0.142. The van der Waals surface area contributed by atoms with Gasteiger partial charge in [0.25, 0.3) is 0 Å². The number of hydrogen-bond acceptors (Lipinski definition) is 2. The molecule has 0 unspecified atom stereocenters. The minimum atomic E-state index is -0.142. The summed E-state index contributed by atoms with van der Waals surface area (Å²) in [4.78, 5) is 0.905. The van der Waals surface area contributed by atoms with Crippen LogP contribution in [0, 0.1) is 5.13 Å². The van der Waals surface area contributed by atoms with E-state index in [1.54, 1.807) is 6.07 Å². The van der Waals surface area contributed by atoms with Crippen LogP contribution in [0.15, 0.2) is 23.1 Å². The van der Waals surface area contributed by atoms with Gasteiger partial charge in [-0.3, -0.25) is 0 Å². The number of rotatable bonds is 1. The third kappa shape index (κ3) is 1.63. The monoisotopic (exact) mass is 276 g/mol. The maximum atomic E-state index is 12.9. The number of benzene rings is 1. The maximum Gasteiger partial charge on any atom is 0.177 e. The predicted octanol–water partition coefficient (Wildman–Crippen LogP) is 4.22. The number of thiophene rings is 1. The summed E-state index contributed by atoms with van der Waals surface area (Å²) >= 11 is 8.86. The number of halogens is 2. The zero-order valence-corrected chi connectivity index (χ0v) is 9.85. The summed E-state index contributed by atoms with van der Waals surface area (Å²) in [5.41, 5.74) is 1.06. The van der Waals surface area contributed by atoms with Crippen molar-refractivity contribution in [2.75, 3.05) is 0 Å². The van der Waals surface area contributed by atoms with Gasteiger partial charge in [-0.25, -0.2) is 0 Å². The summed E-state index contributed by atoms with van der Waals surface area (Å²) in [5.74, 6) is 0. The molecule has 0 fully saturated rings. The van der Waals surface area contributed by atoms with Crippen molar-refractivity contribution in [1.29, 1.82) is 0 Å². The molecule has 4 heteroatoms. The molecule has 0 nitrogen and oxygen atoms in total. The van der Waals surface area contributed by atoms with Crippen LogP contribution in [-0.2, 0) is 5.33 Å². The number of hydrogen-bond donors (Lipinski definition) is 1. The van der Waals surface area contributed by atoms with Crippen LogP contribution < -0.4 is 0 Å². The van der Waals surface area contributed by atoms with E-state index in [1.165, 1.54) is 11.3 Å². The lowest BCUT2D eigenvalue weighted by molar-refractivity contribution is 0.658. The summed E-state index contributed by atoms with van der Waals surface area (Å²) in [5, 5.41) is 1.53. The van der Waals surface area contributed by atoms with Crippen LogP contribution in [-0.4, -0.2) is 0 Å². The molecule has 0 radical (unpaired) electrons. The Kier molecular flexibility index (Phi) is 2.62. The number of alkyl halides is 1. The molecule has 68 valence electrons. The fourth-order valence-electron chi connectivity index (χ4n) is 1.27. The zero-order chi connectivity index (χ0) is 9.42. The molecule has 2 aromatic rings. The highest BCUT2D eigenvalue weighted by Crippen LogP contribution is 2.32. The van der Waals surface area contributed by atoms with E-state index in [0.29, 0.717) is 5.33 Å². The van der Waals surface area contributed by atoms with E-state index in [0.717, 1.165) is 20.5 Å². The second-order valence-corrected chi connectivity index (χ2v) is 4.74. The molecule has 13 heavy (non-hydrogen) atoms. The SMILES string of the molecule is Fc1cc2c(CBr)c(S)ccc2s1. The number of thiol groups is 1. The third-order valence-corrected chi connectivity index (χ3v) is 3.76. The standard InChI is InChI=1S/C9H6BrFS2/c10-4-6-5-3-9(11)13-8(5)2-1-7(6)12/h1-3,12H,4H2. The van der Waals surface area contributed by atoms with Crippen LogP contribution in [0.25, 0.3) is 10.1 Å². The number of fused-ring (bicyclic) bond motifs is 1. The van der Waals surface area contributed by atoms with Crippen molar-refractivity contribution < 1.29 is 4.39 Å². The maximum absolute atomic E-state index is 12.9. The topological polar surface area (TPSA) is 0 Å². The van der Waals surface area contributed by atoms with Crippen molar-refractivity contribution in [2.24, 2.45) is 0 Å². The molecule has 0 N–H and O–H groups in total. The molecule has 2 rings (SSSR count). The summed E-state index contributed by atoms with van der Waals surface area (Å²) in [6.07, 6.45) is 0. The Hall–Kier alpha value is -0.0600. The molecular formula is C9H6BrFS2. The van der Waals surface area contributed by atoms with E-state index in [-0.39, 0.29) is 5.13 Å². The Bertz CT molecular complexity index is 450. The van der Waals surface area contributed by atoms with Crippen LogP contribution in [0.2, 0.25) is 0 Å². The first kappa shape index (κ1) is 9.49. The van der Waals surface area contributed by atoms with Crippen LogP contribution >= 0.6 is 39.9 Å². The zero-order valence-electron chi connectivity index (χ0n) is 6.55. The van der Waals surface area contributed by atoms with Gasteiger partial charge in [0, 0.05) is 20.3 Å². The summed E-state index contributed by atoms with van der Waals surface area (Å²) in [7, 11) is 0. The van der Waals surface area contributed by atoms with Gasteiger partial charge in [0.05, 0.1) is 0 Å². The molecule has 0 amide bonds. The lowest BCUT2D eigenvalue weighted by atomic mass is 10.1. The van der Waals surface area contributed by atoms with E-state index in [1.807, 2.05) is 12.1 Å². The van der Waals surface area contributed by atoms with Crippen LogP contribution in [0.1, 0.15) is 5.56 Å². The van der Waals surface area contributed by atoms with Gasteiger partial charge in [0.2, 0.25) is 0 Å². The first-order valence-corrected chi connectivity index (χ1v) is 6.06. The average molecular weight is 277 g/mol. The summed E-state index contributed by atoms with van der Waals surface area (Å²) in [6.45, 7) is 0. The van der Waals surface area contributed by atoms with E-state index in [2.05, 4.69) is 28.6 Å². The van der Waals surface area contributed by atoms with E-state index in [4.69, 9.17) is 0 Å². The summed E-state index contributed by atoms with van der Waals surface area (Å²) in [6, 6.07) is 5.37. The third-order valence-electron chi connectivity index (χ3n) is 1.89. The highest BCUT2D eigenvalue weighted by Gasteiger charge is 2.07. The van der Waals surface area contributed by atoms with Crippen LogP contribution in [0.5, 0.6) is 0 Å². The van der Waals surface area contributed by atoms with Crippen LogP contribution in [0.3, 0.4) is 0 Å². The van der Waals surface area contributed by atoms with Crippen molar-refractivity contribution in [2.45, 2.75) is 10.2 Å². The first-order valence-electron chi connectivity index (χ1n) is 3.68. The van der Waals surface area contributed by atoms with Crippen molar-refractivity contribution in [1.82, 2.24) is 0 Å². The highest BCUT2D eigenvalue weighted by molar-refractivity contribution is 9.08. The Balaban J connectivity index is 2.82. The Morgan fingerprint density at radius 1 is 1.46 bits per heavy atom. The molecule has 1 aromatic carbocycles. The summed E-state index contributed by atoms with van der Waals surface area (Å²) < 4.78 is 13.9. The molecule has 0 saturated heterocycles. The molecule has 0 aliphatic rings. The Labute approximate surface area is 93.3 Å². The van der Waals surface area contributed by atoms with Gasteiger partial charge in [-0.2, -0.15) is 4.39 Å². The molecule has 0 atom stereocenters. The molecule has 0 aliphatic carbocycles. The van der Waals surface area contributed by atoms with E-state index < -0.39 is 0 Å². The lowest BCUT2D eigenvalue weighted by Crippen LogP contribution is -1.80. The first-order chi connectivity index (χ1) is 6.22. The van der Waals surface area contributed by atoms with Crippen molar-refractivity contribution in [3.63, 3.8) is 0 Å². The van der Waals surface area contributed by atoms with Gasteiger partial charge in [-0.05, 0) is 23.8 Å². The Morgan fingerprint density at radius 2 is 2.23 bits per heavy atom. The predicted molar refractivity (Wildman–Crippen MR) is 61.7 cm³/mol. The normalized spacial score (nSPS) is 11.0. The van der Waals surface area contributed by atoms with E-state index >= 15 is 0 Å². The Morgan fingerprint density at radius 3 is 2.92 bits per heavy atom. The molecule has 1 heterocycles. The fraction of sp³-hybridized carbons (Fsp3) is 0.111. The smallest absolute Gasteiger partial charge is 0.177 e. The van der Waals surface area contributed by atoms with Gasteiger partial charge >= 0.3 is 0 Å². The van der Waals surface area contributed by atoms with Crippen LogP contribution in [0.4, 0.5) is 4.39 Å². The largest absolute Gasteiger partial charge is 0.195 e. The average Bonchev–Trinajstić information content (AvgIpc) is 2.45. The minimum Gasteiger partial charge on any atom is -0.195 e. The highest BCUT2D eigenvalue weighted by atomic mass is 79.9. The van der Waals surface area contributed by atoms with Gasteiger partial charge < -0.3 is 0 Å². The molecular weight excluding hydrogens is 271 g/mol. The van der Waals surface area contributed by atoms with Gasteiger partial charge in [0.1, 0.15) is 0 Å². The fourth-order valence-corrected chi connectivity index (χ4v) is 3.18. The molecule has 1 aromatic heterocycles. The molecule has 0 bridgehead atoms. The quantitative estimate of drug-likeness (QED) is 0.585. The van der Waals surface area contributed by atoms with Crippen molar-refractivity contribution in [3.8, 4) is 0 Å². The van der Waals surface area contributed by atoms with E-state index in [9.17, 15) is 4.39 Å². The van der Waals surface area contributed by atoms with Crippen molar-refractivity contribution in [3.05, 3.63) is 28.9 Å². The second kappa shape index (κ2) is 3.59. The molecule has 0 aliphatic heterocycles. The molecule has 0 spiro atoms. The second-order valence-electron chi connectivity index (χ2n) is 2.66. The molecule has 0 saturated carbocycles. The van der Waals surface area contributed by atoms with Crippen molar-refractivity contribution >= 4 is 50.0 Å².